The number of thioether (sulfide) groups is 1. The molecular formula is C12H11Cl2N3O3S. The van der Waals surface area contributed by atoms with Crippen LogP contribution in [0.3, 0.4) is 0 Å². The van der Waals surface area contributed by atoms with Gasteiger partial charge in [0.05, 0.1) is 16.5 Å². The fourth-order valence-corrected chi connectivity index (χ4v) is 2.73. The molecule has 9 heteroatoms. The van der Waals surface area contributed by atoms with E-state index in [1.54, 1.807) is 12.1 Å². The van der Waals surface area contributed by atoms with Crippen LogP contribution in [0.25, 0.3) is 0 Å². The Balaban J connectivity index is 1.81. The first-order valence-electron chi connectivity index (χ1n) is 5.94. The highest BCUT2D eigenvalue weighted by molar-refractivity contribution is 8.14. The third kappa shape index (κ3) is 4.26. The third-order valence-corrected chi connectivity index (χ3v) is 4.06. The lowest BCUT2D eigenvalue weighted by Gasteiger charge is -2.14. The Kier molecular flexibility index (Phi) is 5.33. The second kappa shape index (κ2) is 7.02. The molecule has 0 radical (unpaired) electrons. The molecule has 0 spiro atoms. The Morgan fingerprint density at radius 2 is 2.10 bits per heavy atom. The molecule has 21 heavy (non-hydrogen) atoms. The lowest BCUT2D eigenvalue weighted by Crippen LogP contribution is -2.39. The number of benzene rings is 1. The van der Waals surface area contributed by atoms with Crippen molar-refractivity contribution in [1.82, 2.24) is 10.2 Å². The molecule has 2 rings (SSSR count). The van der Waals surface area contributed by atoms with Gasteiger partial charge in [-0.3, -0.25) is 14.5 Å². The lowest BCUT2D eigenvalue weighted by molar-refractivity contribution is -0.124. The van der Waals surface area contributed by atoms with Crippen molar-refractivity contribution in [2.45, 2.75) is 0 Å². The van der Waals surface area contributed by atoms with Gasteiger partial charge in [0.1, 0.15) is 0 Å². The summed E-state index contributed by atoms with van der Waals surface area (Å²) in [4.78, 5) is 35.5. The van der Waals surface area contributed by atoms with E-state index in [1.165, 1.54) is 6.07 Å². The number of nitrogens with one attached hydrogen (secondary N) is 2. The van der Waals surface area contributed by atoms with Gasteiger partial charge in [0.2, 0.25) is 5.91 Å². The maximum absolute atomic E-state index is 11.7. The predicted molar refractivity (Wildman–Crippen MR) is 83.1 cm³/mol. The zero-order valence-electron chi connectivity index (χ0n) is 10.7. The molecule has 0 atom stereocenters. The lowest BCUT2D eigenvalue weighted by atomic mass is 10.3. The van der Waals surface area contributed by atoms with Gasteiger partial charge in [-0.25, -0.2) is 4.79 Å². The SMILES string of the molecule is O=C(NCCN1C(=O)CSC1=O)Nc1cc(Cl)ccc1Cl. The molecule has 0 aromatic heterocycles. The number of imide groups is 1. The molecule has 0 unspecified atom stereocenters. The largest absolute Gasteiger partial charge is 0.336 e. The Labute approximate surface area is 135 Å². The number of anilines is 1. The van der Waals surface area contributed by atoms with Crippen molar-refractivity contribution < 1.29 is 14.4 Å². The fraction of sp³-hybridized carbons (Fsp3) is 0.250. The molecule has 1 fully saturated rings. The van der Waals surface area contributed by atoms with Gasteiger partial charge >= 0.3 is 6.03 Å². The summed E-state index contributed by atoms with van der Waals surface area (Å²) in [5.41, 5.74) is 0.380. The molecule has 1 aliphatic heterocycles. The van der Waals surface area contributed by atoms with Gasteiger partial charge in [-0.15, -0.1) is 0 Å². The van der Waals surface area contributed by atoms with E-state index >= 15 is 0 Å². The molecule has 112 valence electrons. The zero-order valence-corrected chi connectivity index (χ0v) is 13.0. The van der Waals surface area contributed by atoms with E-state index in [0.717, 1.165) is 16.7 Å². The summed E-state index contributed by atoms with van der Waals surface area (Å²) >= 11 is 12.7. The molecule has 4 amide bonds. The minimum Gasteiger partial charge on any atom is -0.336 e. The van der Waals surface area contributed by atoms with E-state index in [1.807, 2.05) is 0 Å². The smallest absolute Gasteiger partial charge is 0.319 e. The Morgan fingerprint density at radius 1 is 1.33 bits per heavy atom. The number of amides is 4. The number of carbonyl (C=O) groups excluding carboxylic acids is 3. The quantitative estimate of drug-likeness (QED) is 0.877. The summed E-state index contributed by atoms with van der Waals surface area (Å²) in [6.07, 6.45) is 0. The highest BCUT2D eigenvalue weighted by Gasteiger charge is 2.29. The minimum absolute atomic E-state index is 0.140. The first-order valence-corrected chi connectivity index (χ1v) is 7.68. The van der Waals surface area contributed by atoms with Crippen LogP contribution in [0.5, 0.6) is 0 Å². The summed E-state index contributed by atoms with van der Waals surface area (Å²) in [5.74, 6) is -0.0894. The molecule has 1 aromatic rings. The zero-order chi connectivity index (χ0) is 15.4. The molecule has 0 aliphatic carbocycles. The average molecular weight is 348 g/mol. The summed E-state index contributed by atoms with van der Waals surface area (Å²) in [5, 5.41) is 5.59. The topological polar surface area (TPSA) is 78.5 Å². The maximum Gasteiger partial charge on any atom is 0.319 e. The van der Waals surface area contributed by atoms with Crippen molar-refractivity contribution in [3.8, 4) is 0 Å². The van der Waals surface area contributed by atoms with E-state index in [0.29, 0.717) is 15.7 Å². The Bertz CT molecular complexity index is 581. The van der Waals surface area contributed by atoms with Gasteiger partial charge in [-0.05, 0) is 18.2 Å². The summed E-state index contributed by atoms with van der Waals surface area (Å²) in [6.45, 7) is 0.295. The fourth-order valence-electron chi connectivity index (χ4n) is 1.64. The number of urea groups is 1. The van der Waals surface area contributed by atoms with Crippen molar-refractivity contribution >= 4 is 57.8 Å². The molecule has 0 saturated carbocycles. The summed E-state index contributed by atoms with van der Waals surface area (Å²) in [6, 6.07) is 4.20. The first kappa shape index (κ1) is 15.9. The molecule has 1 saturated heterocycles. The van der Waals surface area contributed by atoms with Crippen LogP contribution < -0.4 is 10.6 Å². The number of nitrogens with zero attached hydrogens (tertiary/aromatic N) is 1. The number of rotatable bonds is 4. The molecule has 2 N–H and O–H groups in total. The van der Waals surface area contributed by atoms with Crippen LogP contribution in [0.15, 0.2) is 18.2 Å². The second-order valence-electron chi connectivity index (χ2n) is 4.11. The van der Waals surface area contributed by atoms with Crippen molar-refractivity contribution in [1.29, 1.82) is 0 Å². The Morgan fingerprint density at radius 3 is 2.76 bits per heavy atom. The summed E-state index contributed by atoms with van der Waals surface area (Å²) < 4.78 is 0. The number of hydrogen-bond donors (Lipinski definition) is 2. The average Bonchev–Trinajstić information content (AvgIpc) is 2.74. The van der Waals surface area contributed by atoms with Crippen molar-refractivity contribution in [3.63, 3.8) is 0 Å². The van der Waals surface area contributed by atoms with Gasteiger partial charge in [-0.2, -0.15) is 0 Å². The maximum atomic E-state index is 11.7. The van der Waals surface area contributed by atoms with Crippen molar-refractivity contribution in [2.24, 2.45) is 0 Å². The van der Waals surface area contributed by atoms with Crippen LogP contribution >= 0.6 is 35.0 Å². The third-order valence-electron chi connectivity index (χ3n) is 2.64. The van der Waals surface area contributed by atoms with E-state index in [-0.39, 0.29) is 30.0 Å². The van der Waals surface area contributed by atoms with Crippen LogP contribution in [-0.2, 0) is 4.79 Å². The molecule has 0 bridgehead atoms. The van der Waals surface area contributed by atoms with Gasteiger partial charge in [0.25, 0.3) is 5.24 Å². The van der Waals surface area contributed by atoms with E-state index in [2.05, 4.69) is 10.6 Å². The standard InChI is InChI=1S/C12H11Cl2N3O3S/c13-7-1-2-8(14)9(5-7)16-11(19)15-3-4-17-10(18)6-21-12(17)20/h1-2,5H,3-4,6H2,(H2,15,16,19). The number of carbonyl (C=O) groups is 3. The van der Waals surface area contributed by atoms with Crippen LogP contribution in [0.2, 0.25) is 10.0 Å². The number of halogens is 2. The van der Waals surface area contributed by atoms with Crippen LogP contribution in [0.4, 0.5) is 15.3 Å². The highest BCUT2D eigenvalue weighted by atomic mass is 35.5. The van der Waals surface area contributed by atoms with Gasteiger partial charge in [0, 0.05) is 18.1 Å². The van der Waals surface area contributed by atoms with Gasteiger partial charge in [0.15, 0.2) is 0 Å². The van der Waals surface area contributed by atoms with Crippen molar-refractivity contribution in [3.05, 3.63) is 28.2 Å². The Hall–Kier alpha value is -1.44. The molecular weight excluding hydrogens is 337 g/mol. The van der Waals surface area contributed by atoms with E-state index in [9.17, 15) is 14.4 Å². The van der Waals surface area contributed by atoms with Crippen LogP contribution in [0, 0.1) is 0 Å². The van der Waals surface area contributed by atoms with Crippen LogP contribution in [0.1, 0.15) is 0 Å². The van der Waals surface area contributed by atoms with Gasteiger partial charge in [-0.1, -0.05) is 35.0 Å². The predicted octanol–water partition coefficient (Wildman–Crippen LogP) is 2.81. The van der Waals surface area contributed by atoms with Crippen LogP contribution in [-0.4, -0.2) is 40.9 Å². The number of hydrogen-bond acceptors (Lipinski definition) is 4. The minimum atomic E-state index is -0.495. The van der Waals surface area contributed by atoms with E-state index in [4.69, 9.17) is 23.2 Å². The van der Waals surface area contributed by atoms with Gasteiger partial charge < -0.3 is 10.6 Å². The monoisotopic (exact) mass is 347 g/mol. The van der Waals surface area contributed by atoms with E-state index < -0.39 is 6.03 Å². The summed E-state index contributed by atoms with van der Waals surface area (Å²) in [7, 11) is 0. The molecule has 1 aliphatic rings. The molecule has 1 heterocycles. The van der Waals surface area contributed by atoms with Crippen molar-refractivity contribution in [2.75, 3.05) is 24.2 Å². The second-order valence-corrected chi connectivity index (χ2v) is 5.88. The molecule has 6 nitrogen and oxygen atoms in total. The normalized spacial score (nSPS) is 14.5. The highest BCUT2D eigenvalue weighted by Crippen LogP contribution is 2.25. The molecule has 1 aromatic carbocycles. The first-order chi connectivity index (χ1) is 9.97.